The van der Waals surface area contributed by atoms with Crippen LogP contribution in [0, 0.1) is 0 Å². The Hall–Kier alpha value is -3.88. The largest absolute Gasteiger partial charge is 0.465 e. The molecule has 4 rings (SSSR count). The van der Waals surface area contributed by atoms with Gasteiger partial charge in [-0.2, -0.15) is 0 Å². The Kier molecular flexibility index (Phi) is 5.10. The third-order valence-electron chi connectivity index (χ3n) is 5.01. The molecule has 0 aromatic heterocycles. The van der Waals surface area contributed by atoms with Crippen molar-refractivity contribution in [3.05, 3.63) is 102 Å². The molecule has 4 nitrogen and oxygen atoms in total. The molecule has 3 aromatic rings. The topological polar surface area (TPSA) is 46.6 Å². The Morgan fingerprint density at radius 2 is 1.69 bits per heavy atom. The van der Waals surface area contributed by atoms with Crippen LogP contribution in [-0.2, 0) is 20.9 Å². The maximum atomic E-state index is 12.0. The van der Waals surface area contributed by atoms with Gasteiger partial charge in [0.1, 0.15) is 5.70 Å². The zero-order chi connectivity index (χ0) is 20.2. The SMILES string of the molecule is COC(=O)C1=CC=CN(Cc2ccccc2-c2cccc3ccccc23)C1=C=O. The lowest BCUT2D eigenvalue weighted by molar-refractivity contribution is -0.135. The van der Waals surface area contributed by atoms with Gasteiger partial charge in [-0.1, -0.05) is 66.7 Å². The molecule has 0 unspecified atom stereocenters. The van der Waals surface area contributed by atoms with Crippen molar-refractivity contribution in [2.24, 2.45) is 0 Å². The Bertz CT molecular complexity index is 1190. The molecule has 3 aromatic carbocycles. The normalized spacial score (nSPS) is 13.2. The number of methoxy groups -OCH3 is 1. The fraction of sp³-hybridized carbons (Fsp3) is 0.0800. The van der Waals surface area contributed by atoms with Gasteiger partial charge in [-0.05, 0) is 39.6 Å². The molecule has 1 heterocycles. The summed E-state index contributed by atoms with van der Waals surface area (Å²) in [7, 11) is 1.30. The third-order valence-corrected chi connectivity index (χ3v) is 5.01. The molecule has 0 radical (unpaired) electrons. The molecule has 0 saturated carbocycles. The van der Waals surface area contributed by atoms with Crippen LogP contribution in [0.2, 0.25) is 0 Å². The van der Waals surface area contributed by atoms with E-state index in [-0.39, 0.29) is 11.3 Å². The van der Waals surface area contributed by atoms with E-state index in [0.717, 1.165) is 22.1 Å². The highest BCUT2D eigenvalue weighted by Gasteiger charge is 2.24. The van der Waals surface area contributed by atoms with Crippen LogP contribution in [0.25, 0.3) is 21.9 Å². The number of carbonyl (C=O) groups excluding carboxylic acids is 2. The highest BCUT2D eigenvalue weighted by Crippen LogP contribution is 2.32. The number of ether oxygens (including phenoxy) is 1. The molecule has 0 bridgehead atoms. The highest BCUT2D eigenvalue weighted by atomic mass is 16.5. The van der Waals surface area contributed by atoms with Crippen molar-refractivity contribution < 1.29 is 14.3 Å². The summed E-state index contributed by atoms with van der Waals surface area (Å²) in [6, 6.07) is 22.6. The van der Waals surface area contributed by atoms with Crippen molar-refractivity contribution in [2.45, 2.75) is 6.54 Å². The summed E-state index contributed by atoms with van der Waals surface area (Å²) in [5.74, 6) is 1.35. The number of hydrogen-bond donors (Lipinski definition) is 0. The number of allylic oxidation sites excluding steroid dienone is 2. The average Bonchev–Trinajstić information content (AvgIpc) is 2.78. The van der Waals surface area contributed by atoms with Gasteiger partial charge in [0, 0.05) is 12.7 Å². The Labute approximate surface area is 169 Å². The molecule has 0 spiro atoms. The average molecular weight is 381 g/mol. The lowest BCUT2D eigenvalue weighted by Gasteiger charge is -2.25. The first-order chi connectivity index (χ1) is 14.2. The predicted octanol–water partition coefficient (Wildman–Crippen LogP) is 4.65. The van der Waals surface area contributed by atoms with E-state index in [9.17, 15) is 9.59 Å². The Balaban J connectivity index is 1.75. The Morgan fingerprint density at radius 1 is 0.966 bits per heavy atom. The van der Waals surface area contributed by atoms with Crippen molar-refractivity contribution in [3.63, 3.8) is 0 Å². The maximum Gasteiger partial charge on any atom is 0.340 e. The molecule has 0 atom stereocenters. The number of hydrogen-bond acceptors (Lipinski definition) is 4. The van der Waals surface area contributed by atoms with Crippen molar-refractivity contribution in [1.82, 2.24) is 4.90 Å². The lowest BCUT2D eigenvalue weighted by Crippen LogP contribution is -2.24. The number of nitrogens with zero attached hydrogens (tertiary/aromatic N) is 1. The fourth-order valence-electron chi connectivity index (χ4n) is 3.64. The van der Waals surface area contributed by atoms with Gasteiger partial charge in [0.2, 0.25) is 0 Å². The molecule has 1 aliphatic heterocycles. The minimum atomic E-state index is -0.556. The maximum absolute atomic E-state index is 12.0. The summed E-state index contributed by atoms with van der Waals surface area (Å²) in [5.41, 5.74) is 3.62. The summed E-state index contributed by atoms with van der Waals surface area (Å²) in [5, 5.41) is 2.33. The monoisotopic (exact) mass is 381 g/mol. The van der Waals surface area contributed by atoms with E-state index in [1.165, 1.54) is 12.5 Å². The van der Waals surface area contributed by atoms with Crippen LogP contribution < -0.4 is 0 Å². The Morgan fingerprint density at radius 3 is 2.52 bits per heavy atom. The van der Waals surface area contributed by atoms with Crippen LogP contribution in [0.4, 0.5) is 0 Å². The minimum absolute atomic E-state index is 0.173. The zero-order valence-corrected chi connectivity index (χ0v) is 16.0. The zero-order valence-electron chi connectivity index (χ0n) is 16.0. The number of carbonyl (C=O) groups is 1. The highest BCUT2D eigenvalue weighted by molar-refractivity contribution is 5.98. The fourth-order valence-corrected chi connectivity index (χ4v) is 3.64. The van der Waals surface area contributed by atoms with Gasteiger partial charge in [-0.3, -0.25) is 0 Å². The number of rotatable bonds is 4. The van der Waals surface area contributed by atoms with Gasteiger partial charge < -0.3 is 9.64 Å². The molecular formula is C25H19NO3. The summed E-state index contributed by atoms with van der Waals surface area (Å²) >= 11 is 0. The van der Waals surface area contributed by atoms with Crippen LogP contribution >= 0.6 is 0 Å². The van der Waals surface area contributed by atoms with E-state index in [4.69, 9.17) is 4.74 Å². The van der Waals surface area contributed by atoms with Crippen molar-refractivity contribution >= 4 is 22.7 Å². The number of fused-ring (bicyclic) bond motifs is 1. The van der Waals surface area contributed by atoms with Crippen LogP contribution in [0.3, 0.4) is 0 Å². The van der Waals surface area contributed by atoms with Gasteiger partial charge in [-0.25, -0.2) is 9.59 Å². The molecule has 0 amide bonds. The molecule has 0 saturated heterocycles. The summed E-state index contributed by atoms with van der Waals surface area (Å²) < 4.78 is 4.79. The first-order valence-corrected chi connectivity index (χ1v) is 9.28. The van der Waals surface area contributed by atoms with Gasteiger partial charge in [0.25, 0.3) is 0 Å². The van der Waals surface area contributed by atoms with Crippen LogP contribution in [0.5, 0.6) is 0 Å². The molecule has 142 valence electrons. The first-order valence-electron chi connectivity index (χ1n) is 9.28. The first kappa shape index (κ1) is 18.5. The molecule has 4 heteroatoms. The standard InChI is InChI=1S/C25H19NO3/c1-29-25(28)23-14-7-15-26(24(23)17-27)16-19-9-3-5-12-21(19)22-13-6-10-18-8-2-4-11-20(18)22/h2-15H,16H2,1H3. The molecule has 0 aliphatic carbocycles. The van der Waals surface area contributed by atoms with E-state index >= 15 is 0 Å². The lowest BCUT2D eigenvalue weighted by atomic mass is 9.94. The molecule has 1 aliphatic rings. The third kappa shape index (κ3) is 3.49. The van der Waals surface area contributed by atoms with Gasteiger partial charge in [0.05, 0.1) is 12.7 Å². The van der Waals surface area contributed by atoms with Crippen LogP contribution in [-0.4, -0.2) is 23.9 Å². The van der Waals surface area contributed by atoms with E-state index in [1.54, 1.807) is 23.3 Å². The molecule has 0 N–H and O–H groups in total. The minimum Gasteiger partial charge on any atom is -0.465 e. The summed E-state index contributed by atoms with van der Waals surface area (Å²) in [6.45, 7) is 0.425. The predicted molar refractivity (Wildman–Crippen MR) is 113 cm³/mol. The van der Waals surface area contributed by atoms with E-state index in [1.807, 2.05) is 42.3 Å². The van der Waals surface area contributed by atoms with Crippen molar-refractivity contribution in [1.29, 1.82) is 0 Å². The second-order valence-electron chi connectivity index (χ2n) is 6.68. The molecule has 0 fully saturated rings. The van der Waals surface area contributed by atoms with Crippen molar-refractivity contribution in [3.8, 4) is 11.1 Å². The smallest absolute Gasteiger partial charge is 0.340 e. The quantitative estimate of drug-likeness (QED) is 0.487. The number of esters is 1. The molecular weight excluding hydrogens is 362 g/mol. The van der Waals surface area contributed by atoms with Gasteiger partial charge in [-0.15, -0.1) is 0 Å². The van der Waals surface area contributed by atoms with Crippen LogP contribution in [0.1, 0.15) is 5.56 Å². The van der Waals surface area contributed by atoms with E-state index in [0.29, 0.717) is 6.54 Å². The van der Waals surface area contributed by atoms with Gasteiger partial charge in [0.15, 0.2) is 5.94 Å². The van der Waals surface area contributed by atoms with Crippen LogP contribution in [0.15, 0.2) is 96.4 Å². The summed E-state index contributed by atoms with van der Waals surface area (Å²) in [6.07, 6.45) is 5.07. The summed E-state index contributed by atoms with van der Waals surface area (Å²) in [4.78, 5) is 25.4. The van der Waals surface area contributed by atoms with Crippen molar-refractivity contribution in [2.75, 3.05) is 7.11 Å². The second kappa shape index (κ2) is 8.01. The van der Waals surface area contributed by atoms with E-state index in [2.05, 4.69) is 30.3 Å². The number of benzene rings is 3. The van der Waals surface area contributed by atoms with E-state index < -0.39 is 5.97 Å². The van der Waals surface area contributed by atoms with Gasteiger partial charge >= 0.3 is 5.97 Å². The second-order valence-corrected chi connectivity index (χ2v) is 6.68. The molecule has 29 heavy (non-hydrogen) atoms.